The van der Waals surface area contributed by atoms with Crippen molar-refractivity contribution in [2.45, 2.75) is 39.3 Å². The number of hydrogen-bond acceptors (Lipinski definition) is 4. The second-order valence-electron chi connectivity index (χ2n) is 7.60. The molecule has 160 valence electrons. The van der Waals surface area contributed by atoms with Crippen LogP contribution in [0.1, 0.15) is 38.3 Å². The molecule has 0 aliphatic carbocycles. The van der Waals surface area contributed by atoms with Crippen LogP contribution in [0.5, 0.6) is 11.5 Å². The van der Waals surface area contributed by atoms with Crippen LogP contribution >= 0.6 is 0 Å². The van der Waals surface area contributed by atoms with Crippen LogP contribution in [-0.2, 0) is 6.54 Å². The van der Waals surface area contributed by atoms with Crippen LogP contribution in [0.4, 0.5) is 4.39 Å². The van der Waals surface area contributed by atoms with Gasteiger partial charge in [-0.2, -0.15) is 4.39 Å². The van der Waals surface area contributed by atoms with Gasteiger partial charge in [-0.05, 0) is 56.5 Å². The summed E-state index contributed by atoms with van der Waals surface area (Å²) in [6.45, 7) is 6.89. The molecule has 1 aliphatic heterocycles. The number of hydrogen-bond donors (Lipinski definition) is 1. The van der Waals surface area contributed by atoms with E-state index in [0.717, 1.165) is 42.5 Å². The molecule has 3 aromatic rings. The van der Waals surface area contributed by atoms with Crippen molar-refractivity contribution in [1.82, 2.24) is 14.5 Å². The first-order valence-corrected chi connectivity index (χ1v) is 10.6. The van der Waals surface area contributed by atoms with Crippen molar-refractivity contribution < 1.29 is 13.9 Å². The molecule has 1 aliphatic rings. The van der Waals surface area contributed by atoms with Crippen LogP contribution in [-0.4, -0.2) is 40.8 Å². The topological polar surface area (TPSA) is 59.5 Å². The molecule has 1 aromatic heterocycles. The fourth-order valence-electron chi connectivity index (χ4n) is 4.27. The lowest BCUT2D eigenvalue weighted by Gasteiger charge is -2.32. The zero-order valence-electron chi connectivity index (χ0n) is 17.5. The molecule has 0 radical (unpaired) electrons. The highest BCUT2D eigenvalue weighted by Gasteiger charge is 2.24. The van der Waals surface area contributed by atoms with Crippen molar-refractivity contribution in [2.75, 3.05) is 26.3 Å². The number of ether oxygens (including phenoxy) is 2. The lowest BCUT2D eigenvalue weighted by molar-refractivity contribution is 0.179. The van der Waals surface area contributed by atoms with E-state index in [0.29, 0.717) is 19.8 Å². The molecule has 2 aromatic carbocycles. The Hall–Kier alpha value is -2.80. The Labute approximate surface area is 175 Å². The van der Waals surface area contributed by atoms with Gasteiger partial charge in [0.15, 0.2) is 11.5 Å². The molecule has 1 fully saturated rings. The number of nitrogens with one attached hydrogen (secondary N) is 1. The number of imidazole rings is 1. The van der Waals surface area contributed by atoms with Crippen molar-refractivity contribution in [3.63, 3.8) is 0 Å². The monoisotopic (exact) mass is 413 g/mol. The lowest BCUT2D eigenvalue weighted by atomic mass is 10.0. The van der Waals surface area contributed by atoms with E-state index in [-0.39, 0.29) is 23.2 Å². The summed E-state index contributed by atoms with van der Waals surface area (Å²) < 4.78 is 27.3. The average Bonchev–Trinajstić information content (AvgIpc) is 3.08. The highest BCUT2D eigenvalue weighted by Crippen LogP contribution is 2.31. The molecule has 4 rings (SSSR count). The van der Waals surface area contributed by atoms with Crippen LogP contribution in [0.25, 0.3) is 11.0 Å². The number of aromatic amines is 1. The molecule has 1 N–H and O–H groups in total. The Morgan fingerprint density at radius 1 is 1.07 bits per heavy atom. The number of fused-ring (bicyclic) bond motifs is 1. The van der Waals surface area contributed by atoms with Gasteiger partial charge in [-0.3, -0.25) is 9.47 Å². The minimum absolute atomic E-state index is 0.0455. The predicted molar refractivity (Wildman–Crippen MR) is 115 cm³/mol. The molecular weight excluding hydrogens is 385 g/mol. The molecular formula is C23H28FN3O3. The Morgan fingerprint density at radius 2 is 1.70 bits per heavy atom. The lowest BCUT2D eigenvalue weighted by Crippen LogP contribution is -2.36. The van der Waals surface area contributed by atoms with Gasteiger partial charge in [-0.1, -0.05) is 12.1 Å². The van der Waals surface area contributed by atoms with Gasteiger partial charge in [0.1, 0.15) is 0 Å². The number of benzene rings is 2. The van der Waals surface area contributed by atoms with E-state index < -0.39 is 5.82 Å². The third kappa shape index (κ3) is 4.07. The quantitative estimate of drug-likeness (QED) is 0.634. The normalized spacial score (nSPS) is 15.6. The van der Waals surface area contributed by atoms with E-state index in [9.17, 15) is 9.18 Å². The van der Waals surface area contributed by atoms with Crippen molar-refractivity contribution in [3.05, 3.63) is 58.3 Å². The number of H-pyrrole nitrogens is 1. The van der Waals surface area contributed by atoms with E-state index in [4.69, 9.17) is 9.47 Å². The summed E-state index contributed by atoms with van der Waals surface area (Å²) >= 11 is 0. The zero-order valence-corrected chi connectivity index (χ0v) is 17.5. The van der Waals surface area contributed by atoms with Crippen LogP contribution < -0.4 is 15.2 Å². The summed E-state index contributed by atoms with van der Waals surface area (Å²) in [5.74, 6) is 0.0252. The summed E-state index contributed by atoms with van der Waals surface area (Å²) in [5.41, 5.74) is 2.76. The number of rotatable bonds is 7. The zero-order chi connectivity index (χ0) is 21.1. The van der Waals surface area contributed by atoms with Gasteiger partial charge in [-0.25, -0.2) is 4.79 Å². The van der Waals surface area contributed by atoms with E-state index >= 15 is 0 Å². The smallest absolute Gasteiger partial charge is 0.326 e. The van der Waals surface area contributed by atoms with Crippen molar-refractivity contribution >= 4 is 11.0 Å². The van der Waals surface area contributed by atoms with Crippen LogP contribution in [0, 0.1) is 5.82 Å². The van der Waals surface area contributed by atoms with Crippen molar-refractivity contribution in [1.29, 1.82) is 0 Å². The van der Waals surface area contributed by atoms with Crippen molar-refractivity contribution in [3.8, 4) is 11.5 Å². The summed E-state index contributed by atoms with van der Waals surface area (Å²) in [6, 6.07) is 11.5. The Bertz CT molecular complexity index is 1040. The molecule has 0 spiro atoms. The summed E-state index contributed by atoms with van der Waals surface area (Å²) in [5, 5.41) is 0. The molecule has 0 atom stereocenters. The maximum Gasteiger partial charge on any atom is 0.326 e. The van der Waals surface area contributed by atoms with Gasteiger partial charge in [0, 0.05) is 25.7 Å². The van der Waals surface area contributed by atoms with Crippen LogP contribution in [0.3, 0.4) is 0 Å². The van der Waals surface area contributed by atoms with E-state index in [2.05, 4.69) is 9.88 Å². The molecule has 2 heterocycles. The average molecular weight is 413 g/mol. The molecule has 6 nitrogen and oxygen atoms in total. The molecule has 1 saturated heterocycles. The Morgan fingerprint density at radius 3 is 2.33 bits per heavy atom. The first-order chi connectivity index (χ1) is 14.6. The van der Waals surface area contributed by atoms with Crippen LogP contribution in [0.15, 0.2) is 41.2 Å². The second-order valence-corrected chi connectivity index (χ2v) is 7.60. The molecule has 30 heavy (non-hydrogen) atoms. The highest BCUT2D eigenvalue weighted by molar-refractivity contribution is 5.75. The molecule has 0 bridgehead atoms. The molecule has 0 unspecified atom stereocenters. The van der Waals surface area contributed by atoms with E-state index in [1.165, 1.54) is 0 Å². The van der Waals surface area contributed by atoms with E-state index in [1.807, 2.05) is 42.7 Å². The summed E-state index contributed by atoms with van der Waals surface area (Å²) in [7, 11) is 0. The molecule has 0 amide bonds. The Kier molecular flexibility index (Phi) is 6.08. The first kappa shape index (κ1) is 20.5. The second kappa shape index (κ2) is 8.92. The maximum absolute atomic E-state index is 14.5. The van der Waals surface area contributed by atoms with Gasteiger partial charge in [0.2, 0.25) is 5.82 Å². The number of likely N-dealkylation sites (tertiary alicyclic amines) is 1. The van der Waals surface area contributed by atoms with Crippen molar-refractivity contribution in [2.24, 2.45) is 0 Å². The highest BCUT2D eigenvalue weighted by atomic mass is 19.1. The number of halogens is 1. The SMILES string of the molecule is CCOc1cc(CN2CCC(n3c(=O)[nH]c4ccccc43)CC2)cc(OCC)c1F. The maximum atomic E-state index is 14.5. The van der Waals surface area contributed by atoms with Gasteiger partial charge in [0.25, 0.3) is 0 Å². The van der Waals surface area contributed by atoms with Gasteiger partial charge < -0.3 is 14.5 Å². The fourth-order valence-corrected chi connectivity index (χ4v) is 4.27. The minimum atomic E-state index is -0.445. The summed E-state index contributed by atoms with van der Waals surface area (Å²) in [4.78, 5) is 17.7. The minimum Gasteiger partial charge on any atom is -0.491 e. The van der Waals surface area contributed by atoms with Crippen LogP contribution in [0.2, 0.25) is 0 Å². The first-order valence-electron chi connectivity index (χ1n) is 10.6. The predicted octanol–water partition coefficient (Wildman–Crippen LogP) is 4.10. The molecule has 7 heteroatoms. The third-order valence-electron chi connectivity index (χ3n) is 5.62. The number of aromatic nitrogens is 2. The number of nitrogens with zero attached hydrogens (tertiary/aromatic N) is 2. The summed E-state index contributed by atoms with van der Waals surface area (Å²) in [6.07, 6.45) is 1.78. The van der Waals surface area contributed by atoms with Gasteiger partial charge in [0.05, 0.1) is 24.2 Å². The fraction of sp³-hybridized carbons (Fsp3) is 0.435. The molecule has 0 saturated carbocycles. The third-order valence-corrected chi connectivity index (χ3v) is 5.62. The standard InChI is InChI=1S/C23H28FN3O3/c1-3-29-20-13-16(14-21(22(20)24)30-4-2)15-26-11-9-17(10-12-26)27-19-8-6-5-7-18(19)25-23(27)28/h5-8,13-14,17H,3-4,9-12,15H2,1-2H3,(H,25,28). The number of para-hydroxylation sites is 2. The largest absolute Gasteiger partial charge is 0.491 e. The van der Waals surface area contributed by atoms with Gasteiger partial charge in [-0.15, -0.1) is 0 Å². The number of piperidine rings is 1. The Balaban J connectivity index is 1.47. The van der Waals surface area contributed by atoms with Gasteiger partial charge >= 0.3 is 5.69 Å². The van der Waals surface area contributed by atoms with E-state index in [1.54, 1.807) is 12.1 Å².